The average Bonchev–Trinajstić information content (AvgIpc) is 2.43. The quantitative estimate of drug-likeness (QED) is 0.813. The summed E-state index contributed by atoms with van der Waals surface area (Å²) >= 11 is 3.49. The van der Waals surface area contributed by atoms with Crippen molar-refractivity contribution in [3.63, 3.8) is 0 Å². The molecule has 0 fully saturated rings. The first-order chi connectivity index (χ1) is 6.24. The SMILES string of the molecule is Cn1c(Br)cc2cccc(CN)c21. The van der Waals surface area contributed by atoms with Gasteiger partial charge < -0.3 is 10.3 Å². The van der Waals surface area contributed by atoms with E-state index < -0.39 is 0 Å². The zero-order valence-corrected chi connectivity index (χ0v) is 9.01. The summed E-state index contributed by atoms with van der Waals surface area (Å²) in [5, 5.41) is 1.23. The van der Waals surface area contributed by atoms with Gasteiger partial charge in [-0.25, -0.2) is 0 Å². The lowest BCUT2D eigenvalue weighted by Crippen LogP contribution is -1.99. The second-order valence-electron chi connectivity index (χ2n) is 3.09. The third-order valence-electron chi connectivity index (χ3n) is 2.30. The van der Waals surface area contributed by atoms with Crippen LogP contribution in [0.3, 0.4) is 0 Å². The van der Waals surface area contributed by atoms with Crippen LogP contribution in [0.15, 0.2) is 28.9 Å². The molecule has 0 bridgehead atoms. The summed E-state index contributed by atoms with van der Waals surface area (Å²) in [4.78, 5) is 0. The predicted octanol–water partition coefficient (Wildman–Crippen LogP) is 2.40. The van der Waals surface area contributed by atoms with E-state index >= 15 is 0 Å². The summed E-state index contributed by atoms with van der Waals surface area (Å²) < 4.78 is 3.20. The Morgan fingerprint density at radius 1 is 1.46 bits per heavy atom. The van der Waals surface area contributed by atoms with Crippen molar-refractivity contribution in [3.8, 4) is 0 Å². The standard InChI is InChI=1S/C10H11BrN2/c1-13-9(11)5-7-3-2-4-8(6-12)10(7)13/h2-5H,6,12H2,1H3. The van der Waals surface area contributed by atoms with Crippen LogP contribution in [0.4, 0.5) is 0 Å². The van der Waals surface area contributed by atoms with E-state index in [9.17, 15) is 0 Å². The van der Waals surface area contributed by atoms with Gasteiger partial charge in [-0.15, -0.1) is 0 Å². The van der Waals surface area contributed by atoms with E-state index in [1.165, 1.54) is 16.5 Å². The third kappa shape index (κ3) is 1.28. The van der Waals surface area contributed by atoms with Gasteiger partial charge in [-0.05, 0) is 27.6 Å². The fourth-order valence-electron chi connectivity index (χ4n) is 1.63. The van der Waals surface area contributed by atoms with Gasteiger partial charge in [-0.2, -0.15) is 0 Å². The number of fused-ring (bicyclic) bond motifs is 1. The predicted molar refractivity (Wildman–Crippen MR) is 58.5 cm³/mol. The van der Waals surface area contributed by atoms with Crippen LogP contribution in [-0.4, -0.2) is 4.57 Å². The molecule has 13 heavy (non-hydrogen) atoms. The van der Waals surface area contributed by atoms with E-state index in [0.717, 1.165) is 4.60 Å². The maximum absolute atomic E-state index is 5.67. The second kappa shape index (κ2) is 3.16. The first-order valence-corrected chi connectivity index (χ1v) is 4.96. The molecular weight excluding hydrogens is 228 g/mol. The lowest BCUT2D eigenvalue weighted by molar-refractivity contribution is 0.925. The monoisotopic (exact) mass is 238 g/mol. The van der Waals surface area contributed by atoms with Gasteiger partial charge in [0.25, 0.3) is 0 Å². The molecule has 0 unspecified atom stereocenters. The highest BCUT2D eigenvalue weighted by Crippen LogP contribution is 2.25. The fraction of sp³-hybridized carbons (Fsp3) is 0.200. The van der Waals surface area contributed by atoms with E-state index in [1.54, 1.807) is 0 Å². The molecule has 3 heteroatoms. The van der Waals surface area contributed by atoms with Crippen LogP contribution in [0.2, 0.25) is 0 Å². The van der Waals surface area contributed by atoms with E-state index in [2.05, 4.69) is 38.7 Å². The smallest absolute Gasteiger partial charge is 0.0854 e. The molecule has 0 aliphatic heterocycles. The van der Waals surface area contributed by atoms with E-state index in [0.29, 0.717) is 6.54 Å². The molecule has 1 aromatic heterocycles. The van der Waals surface area contributed by atoms with E-state index in [1.807, 2.05) is 13.1 Å². The summed E-state index contributed by atoms with van der Waals surface area (Å²) in [6, 6.07) is 8.31. The van der Waals surface area contributed by atoms with Gasteiger partial charge in [0.05, 0.1) is 10.1 Å². The maximum Gasteiger partial charge on any atom is 0.0854 e. The van der Waals surface area contributed by atoms with Gasteiger partial charge in [-0.3, -0.25) is 0 Å². The molecule has 0 atom stereocenters. The number of halogens is 1. The number of aromatic nitrogens is 1. The lowest BCUT2D eigenvalue weighted by atomic mass is 10.1. The van der Waals surface area contributed by atoms with E-state index in [4.69, 9.17) is 5.73 Å². The normalized spacial score (nSPS) is 11.0. The lowest BCUT2D eigenvalue weighted by Gasteiger charge is -2.03. The fourth-order valence-corrected chi connectivity index (χ4v) is 2.06. The molecule has 2 aromatic rings. The summed E-state index contributed by atoms with van der Waals surface area (Å²) in [6.07, 6.45) is 0. The van der Waals surface area contributed by atoms with Gasteiger partial charge in [0.15, 0.2) is 0 Å². The molecule has 0 saturated carbocycles. The van der Waals surface area contributed by atoms with E-state index in [-0.39, 0.29) is 0 Å². The molecule has 68 valence electrons. The Morgan fingerprint density at radius 2 is 2.23 bits per heavy atom. The van der Waals surface area contributed by atoms with Crippen molar-refractivity contribution in [3.05, 3.63) is 34.4 Å². The molecule has 1 aromatic carbocycles. The Labute approximate surface area is 85.5 Å². The van der Waals surface area contributed by atoms with Crippen molar-refractivity contribution < 1.29 is 0 Å². The summed E-state index contributed by atoms with van der Waals surface area (Å²) in [5.74, 6) is 0. The molecule has 1 heterocycles. The summed E-state index contributed by atoms with van der Waals surface area (Å²) in [6.45, 7) is 0.585. The van der Waals surface area contributed by atoms with Gasteiger partial charge >= 0.3 is 0 Å². The minimum atomic E-state index is 0.585. The maximum atomic E-state index is 5.67. The molecular formula is C10H11BrN2. The van der Waals surface area contributed by atoms with Crippen molar-refractivity contribution >= 4 is 26.8 Å². The zero-order valence-electron chi connectivity index (χ0n) is 7.42. The summed E-state index contributed by atoms with van der Waals surface area (Å²) in [5.41, 5.74) is 8.07. The van der Waals surface area contributed by atoms with Gasteiger partial charge in [0, 0.05) is 19.0 Å². The number of nitrogens with two attached hydrogens (primary N) is 1. The summed E-state index contributed by atoms with van der Waals surface area (Å²) in [7, 11) is 2.03. The Bertz CT molecular complexity index is 445. The van der Waals surface area contributed by atoms with Crippen molar-refractivity contribution in [2.24, 2.45) is 12.8 Å². The Hall–Kier alpha value is -0.800. The third-order valence-corrected chi connectivity index (χ3v) is 3.06. The molecule has 0 aliphatic rings. The number of hydrogen-bond donors (Lipinski definition) is 1. The van der Waals surface area contributed by atoms with Crippen molar-refractivity contribution in [2.75, 3.05) is 0 Å². The number of rotatable bonds is 1. The molecule has 0 amide bonds. The van der Waals surface area contributed by atoms with Crippen molar-refractivity contribution in [1.82, 2.24) is 4.57 Å². The molecule has 0 spiro atoms. The highest BCUT2D eigenvalue weighted by molar-refractivity contribution is 9.10. The van der Waals surface area contributed by atoms with Crippen molar-refractivity contribution in [1.29, 1.82) is 0 Å². The number of aryl methyl sites for hydroxylation is 1. The molecule has 0 saturated heterocycles. The van der Waals surface area contributed by atoms with Crippen LogP contribution < -0.4 is 5.73 Å². The topological polar surface area (TPSA) is 30.9 Å². The molecule has 2 N–H and O–H groups in total. The Morgan fingerprint density at radius 3 is 2.92 bits per heavy atom. The molecule has 0 radical (unpaired) electrons. The highest BCUT2D eigenvalue weighted by Gasteiger charge is 2.05. The first-order valence-electron chi connectivity index (χ1n) is 4.17. The van der Waals surface area contributed by atoms with Crippen LogP contribution in [0.1, 0.15) is 5.56 Å². The Balaban J connectivity index is 2.87. The van der Waals surface area contributed by atoms with Crippen LogP contribution in [0.5, 0.6) is 0 Å². The van der Waals surface area contributed by atoms with Crippen LogP contribution >= 0.6 is 15.9 Å². The van der Waals surface area contributed by atoms with Crippen LogP contribution in [0, 0.1) is 0 Å². The van der Waals surface area contributed by atoms with Crippen molar-refractivity contribution in [2.45, 2.75) is 6.54 Å². The van der Waals surface area contributed by atoms with Gasteiger partial charge in [-0.1, -0.05) is 18.2 Å². The number of hydrogen-bond acceptors (Lipinski definition) is 1. The Kier molecular flexibility index (Phi) is 2.14. The molecule has 2 nitrogen and oxygen atoms in total. The van der Waals surface area contributed by atoms with Gasteiger partial charge in [0.1, 0.15) is 0 Å². The zero-order chi connectivity index (χ0) is 9.42. The first kappa shape index (κ1) is 8.78. The van der Waals surface area contributed by atoms with Crippen LogP contribution in [0.25, 0.3) is 10.9 Å². The second-order valence-corrected chi connectivity index (χ2v) is 3.90. The number of para-hydroxylation sites is 1. The molecule has 0 aliphatic carbocycles. The molecule has 2 rings (SSSR count). The number of nitrogens with zero attached hydrogens (tertiary/aromatic N) is 1. The van der Waals surface area contributed by atoms with Crippen LogP contribution in [-0.2, 0) is 13.6 Å². The average molecular weight is 239 g/mol. The number of benzene rings is 1. The highest BCUT2D eigenvalue weighted by atomic mass is 79.9. The largest absolute Gasteiger partial charge is 0.338 e. The minimum absolute atomic E-state index is 0.585. The minimum Gasteiger partial charge on any atom is -0.338 e. The van der Waals surface area contributed by atoms with Gasteiger partial charge in [0.2, 0.25) is 0 Å².